The van der Waals surface area contributed by atoms with Gasteiger partial charge in [0.2, 0.25) is 5.79 Å². The number of rotatable bonds is 20. The maximum Gasteiger partial charge on any atom is 0.254 e. The highest BCUT2D eigenvalue weighted by Crippen LogP contribution is 2.62. The number of halogens is 1. The maximum absolute atomic E-state index is 14.8. The number of ether oxygens (including phenoxy) is 3. The molecule has 0 aromatic heterocycles. The van der Waals surface area contributed by atoms with Gasteiger partial charge in [0.25, 0.3) is 5.91 Å². The molecule has 3 aromatic rings. The molecular weight excluding hydrogens is 738 g/mol. The van der Waals surface area contributed by atoms with E-state index >= 15 is 0 Å². The minimum absolute atomic E-state index is 0.0381. The lowest BCUT2D eigenvalue weighted by molar-refractivity contribution is -0.254. The molecule has 58 heavy (non-hydrogen) atoms. The van der Waals surface area contributed by atoms with Crippen molar-refractivity contribution in [2.45, 2.75) is 89.6 Å². The smallest absolute Gasteiger partial charge is 0.254 e. The van der Waals surface area contributed by atoms with Crippen LogP contribution in [-0.2, 0) is 16.2 Å². The molecule has 6 rings (SSSR count). The molecule has 1 fully saturated rings. The number of nitriles is 1. The molecule has 2 N–H and O–H groups in total. The molecule has 2 aliphatic carbocycles. The Morgan fingerprint density at radius 3 is 2.52 bits per heavy atom. The van der Waals surface area contributed by atoms with Crippen molar-refractivity contribution >= 4 is 11.6 Å². The van der Waals surface area contributed by atoms with Gasteiger partial charge in [0.15, 0.2) is 0 Å². The molecule has 1 heterocycles. The molecule has 10 nitrogen and oxygen atoms in total. The first-order valence-electron chi connectivity index (χ1n) is 20.7. The number of unbranched alkanes of at least 4 members (excludes halogenated alkanes) is 2. The van der Waals surface area contributed by atoms with E-state index in [0.29, 0.717) is 66.3 Å². The van der Waals surface area contributed by atoms with Crippen LogP contribution in [0.5, 0.6) is 11.5 Å². The Balaban J connectivity index is 1.57. The van der Waals surface area contributed by atoms with Crippen LogP contribution in [0.15, 0.2) is 96.2 Å². The number of fused-ring (bicyclic) bond motifs is 2. The zero-order valence-electron chi connectivity index (χ0n) is 33.7. The monoisotopic (exact) mass is 793 g/mol. The van der Waals surface area contributed by atoms with Crippen LogP contribution in [0.2, 0.25) is 0 Å². The van der Waals surface area contributed by atoms with E-state index < -0.39 is 17.7 Å². The summed E-state index contributed by atoms with van der Waals surface area (Å²) in [6.07, 6.45) is 9.46. The number of oxime groups is 1. The summed E-state index contributed by atoms with van der Waals surface area (Å²) in [5.74, 6) is -1.39. The van der Waals surface area contributed by atoms with Gasteiger partial charge < -0.3 is 34.2 Å². The molecule has 1 saturated carbocycles. The maximum atomic E-state index is 14.8. The van der Waals surface area contributed by atoms with Gasteiger partial charge in [-0.1, -0.05) is 55.3 Å². The lowest BCUT2D eigenvalue weighted by Gasteiger charge is -2.60. The van der Waals surface area contributed by atoms with Crippen LogP contribution in [0.3, 0.4) is 0 Å². The Labute approximate surface area is 341 Å². The molecule has 0 radical (unpaired) electrons. The van der Waals surface area contributed by atoms with E-state index in [1.807, 2.05) is 36.9 Å². The van der Waals surface area contributed by atoms with Crippen molar-refractivity contribution in [2.75, 3.05) is 33.0 Å². The molecule has 3 aliphatic rings. The highest BCUT2D eigenvalue weighted by molar-refractivity contribution is 6.03. The van der Waals surface area contributed by atoms with Crippen LogP contribution in [-0.4, -0.2) is 71.5 Å². The standard InChI is InChI=1S/C47H56FN3O7/c1-4-23-51(46(54)33-19-17-32(30-49)18-20-33)43-29-41(50-57-6-3)38-27-34(13-9-11-24-52)37(15-10-12-25-53)44-39-28-36(55-31-35-14-7-8-16-40(35)48)21-22-42(39)58-47(43,45(38)44)56-26-5-2/h5,7-8,14,16-22,27-28,34,37,43-45,52-53H,2,4,6,9-13,15,23-26,29,31H2,1,3H3/t34-,37+,43-,44+,45+,47+/m0/s1. The third-order valence-electron chi connectivity index (χ3n) is 11.7. The zero-order chi connectivity index (χ0) is 41.1. The van der Waals surface area contributed by atoms with Crippen molar-refractivity contribution in [1.82, 2.24) is 4.90 Å². The van der Waals surface area contributed by atoms with E-state index in [9.17, 15) is 24.7 Å². The molecule has 11 heteroatoms. The van der Waals surface area contributed by atoms with Gasteiger partial charge in [-0.2, -0.15) is 5.26 Å². The molecule has 0 spiro atoms. The largest absolute Gasteiger partial charge is 0.489 e. The second-order valence-electron chi connectivity index (χ2n) is 15.3. The number of benzene rings is 3. The molecular formula is C47H56FN3O7. The van der Waals surface area contributed by atoms with Crippen molar-refractivity contribution < 1.29 is 38.4 Å². The van der Waals surface area contributed by atoms with Crippen LogP contribution >= 0.6 is 0 Å². The molecule has 6 atom stereocenters. The normalized spacial score (nSPS) is 23.8. The number of aliphatic hydroxyl groups excluding tert-OH is 2. The summed E-state index contributed by atoms with van der Waals surface area (Å²) in [6.45, 7) is 9.02. The second kappa shape index (κ2) is 20.1. The van der Waals surface area contributed by atoms with Crippen molar-refractivity contribution in [3.05, 3.63) is 119 Å². The Morgan fingerprint density at radius 2 is 1.83 bits per heavy atom. The average molecular weight is 794 g/mol. The third-order valence-corrected chi connectivity index (χ3v) is 11.7. The van der Waals surface area contributed by atoms with Gasteiger partial charge in [-0.15, -0.1) is 6.58 Å². The van der Waals surface area contributed by atoms with Crippen LogP contribution < -0.4 is 9.47 Å². The van der Waals surface area contributed by atoms with E-state index in [4.69, 9.17) is 24.2 Å². The second-order valence-corrected chi connectivity index (χ2v) is 15.3. The first-order chi connectivity index (χ1) is 28.3. The van der Waals surface area contributed by atoms with Crippen LogP contribution in [0.1, 0.15) is 98.2 Å². The summed E-state index contributed by atoms with van der Waals surface area (Å²) in [4.78, 5) is 22.4. The van der Waals surface area contributed by atoms with Gasteiger partial charge in [0, 0.05) is 48.8 Å². The van der Waals surface area contributed by atoms with Gasteiger partial charge in [0.1, 0.15) is 36.6 Å². The summed E-state index contributed by atoms with van der Waals surface area (Å²) in [5, 5.41) is 34.0. The number of aliphatic hydroxyl groups is 2. The fourth-order valence-electron chi connectivity index (χ4n) is 9.15. The van der Waals surface area contributed by atoms with E-state index in [-0.39, 0.29) is 62.3 Å². The number of allylic oxidation sites excluding steroid dienone is 1. The third kappa shape index (κ3) is 9.00. The minimum Gasteiger partial charge on any atom is -0.489 e. The first kappa shape index (κ1) is 42.6. The predicted octanol–water partition coefficient (Wildman–Crippen LogP) is 8.48. The molecule has 1 aliphatic heterocycles. The lowest BCUT2D eigenvalue weighted by Crippen LogP contribution is -2.70. The number of hydrogen-bond donors (Lipinski definition) is 2. The van der Waals surface area contributed by atoms with Gasteiger partial charge in [-0.25, -0.2) is 4.39 Å². The minimum atomic E-state index is -1.40. The summed E-state index contributed by atoms with van der Waals surface area (Å²) in [6, 6.07) is 20.4. The summed E-state index contributed by atoms with van der Waals surface area (Å²) >= 11 is 0. The highest BCUT2D eigenvalue weighted by atomic mass is 19.1. The zero-order valence-corrected chi connectivity index (χ0v) is 33.7. The van der Waals surface area contributed by atoms with Crippen LogP contribution in [0, 0.1) is 34.9 Å². The first-order valence-corrected chi connectivity index (χ1v) is 20.7. The van der Waals surface area contributed by atoms with Crippen molar-refractivity contribution in [3.63, 3.8) is 0 Å². The van der Waals surface area contributed by atoms with E-state index in [2.05, 4.69) is 18.7 Å². The van der Waals surface area contributed by atoms with Gasteiger partial charge in [0.05, 0.1) is 29.9 Å². The van der Waals surface area contributed by atoms with Crippen LogP contribution in [0.25, 0.3) is 0 Å². The van der Waals surface area contributed by atoms with Crippen molar-refractivity contribution in [1.29, 1.82) is 5.26 Å². The number of nitrogens with zero attached hydrogens (tertiary/aromatic N) is 3. The predicted molar refractivity (Wildman–Crippen MR) is 220 cm³/mol. The Kier molecular flexibility index (Phi) is 14.8. The molecule has 0 bridgehead atoms. The van der Waals surface area contributed by atoms with Gasteiger partial charge in [-0.3, -0.25) is 4.79 Å². The average Bonchev–Trinajstić information content (AvgIpc) is 3.25. The number of carbonyl (C=O) groups is 1. The Bertz CT molecular complexity index is 1980. The lowest BCUT2D eigenvalue weighted by atomic mass is 9.55. The van der Waals surface area contributed by atoms with Crippen LogP contribution in [0.4, 0.5) is 4.39 Å². The Morgan fingerprint density at radius 1 is 1.07 bits per heavy atom. The fourth-order valence-corrected chi connectivity index (χ4v) is 9.15. The van der Waals surface area contributed by atoms with Crippen molar-refractivity contribution in [2.24, 2.45) is 22.9 Å². The highest BCUT2D eigenvalue weighted by Gasteiger charge is 2.65. The van der Waals surface area contributed by atoms with E-state index in [1.165, 1.54) is 6.07 Å². The quantitative estimate of drug-likeness (QED) is 0.0662. The number of hydrogen-bond acceptors (Lipinski definition) is 9. The molecule has 308 valence electrons. The molecule has 0 saturated heterocycles. The van der Waals surface area contributed by atoms with Gasteiger partial charge in [-0.05, 0) is 105 Å². The Hall–Kier alpha value is -5.02. The SMILES string of the molecule is C=CCO[C@@]12Oc3ccc(OCc4ccccc4F)cc3[C@H]3[C@H](CCCCO)[C@@H](CCCCO)C=C(C(=NOCC)C[C@@H]1N(CCC)C(=O)c1ccc(C#N)cc1)[C@H]32. The van der Waals surface area contributed by atoms with E-state index in [1.54, 1.807) is 48.5 Å². The van der Waals surface area contributed by atoms with Crippen molar-refractivity contribution in [3.8, 4) is 17.6 Å². The molecule has 1 amide bonds. The fraction of sp³-hybridized carbons (Fsp3) is 0.468. The topological polar surface area (TPSA) is 134 Å². The summed E-state index contributed by atoms with van der Waals surface area (Å²) in [7, 11) is 0. The molecule has 0 unspecified atom stereocenters. The number of amides is 1. The molecule has 3 aromatic carbocycles. The summed E-state index contributed by atoms with van der Waals surface area (Å²) < 4.78 is 35.3. The number of carbonyl (C=O) groups excluding carboxylic acids is 1. The van der Waals surface area contributed by atoms with E-state index in [0.717, 1.165) is 36.8 Å². The van der Waals surface area contributed by atoms with Gasteiger partial charge >= 0.3 is 0 Å². The summed E-state index contributed by atoms with van der Waals surface area (Å²) in [5.41, 5.74) is 3.91.